The summed E-state index contributed by atoms with van der Waals surface area (Å²) in [5, 5.41) is 8.34. The fraction of sp³-hybridized carbons (Fsp3) is 1.00. The molecule has 0 bridgehead atoms. The van der Waals surface area contributed by atoms with E-state index in [-0.39, 0.29) is 26.4 Å². The predicted molar refractivity (Wildman–Crippen MR) is 52.8 cm³/mol. The summed E-state index contributed by atoms with van der Waals surface area (Å²) in [4.78, 5) is 0. The van der Waals surface area contributed by atoms with Crippen LogP contribution < -0.4 is 0 Å². The summed E-state index contributed by atoms with van der Waals surface area (Å²) in [6, 6.07) is 0. The van der Waals surface area contributed by atoms with Gasteiger partial charge in [0, 0.05) is 11.2 Å². The minimum absolute atomic E-state index is 0.0222. The predicted octanol–water partition coefficient (Wildman–Crippen LogP) is -0.837. The van der Waals surface area contributed by atoms with Gasteiger partial charge in [0.05, 0.1) is 39.6 Å². The van der Waals surface area contributed by atoms with E-state index < -0.39 is 9.05 Å². The topological polar surface area (TPSA) is 85.2 Å². The van der Waals surface area contributed by atoms with Gasteiger partial charge in [-0.15, -0.1) is 0 Å². The zero-order chi connectivity index (χ0) is 10.9. The molecule has 8 heteroatoms. The average molecular weight is 246 g/mol. The third-order valence-corrected chi connectivity index (χ3v) is 1.82. The molecular weight excluding hydrogens is 232 g/mol. The summed E-state index contributed by atoms with van der Waals surface area (Å²) in [5.41, 5.74) is 0. The maximum absolute atomic E-state index is 10.4. The largest absolute Gasteiger partial charge is 0.394 e. The third kappa shape index (κ3) is 12.2. The molecule has 1 atom stereocenters. The van der Waals surface area contributed by atoms with Gasteiger partial charge in [-0.2, -0.15) is 4.21 Å². The Labute approximate surface area is 87.9 Å². The molecule has 0 saturated carbocycles. The van der Waals surface area contributed by atoms with E-state index in [1.807, 2.05) is 0 Å². The fourth-order valence-electron chi connectivity index (χ4n) is 0.585. The van der Waals surface area contributed by atoms with Crippen LogP contribution in [0.25, 0.3) is 0 Å². The second kappa shape index (κ2) is 8.48. The zero-order valence-electron chi connectivity index (χ0n) is 7.59. The van der Waals surface area contributed by atoms with Crippen molar-refractivity contribution in [1.82, 2.24) is 0 Å². The van der Waals surface area contributed by atoms with E-state index in [2.05, 4.69) is 15.4 Å². The first kappa shape index (κ1) is 14.2. The first-order chi connectivity index (χ1) is 6.56. The van der Waals surface area contributed by atoms with Crippen LogP contribution in [0.3, 0.4) is 0 Å². The fourth-order valence-corrected chi connectivity index (χ4v) is 1.07. The quantitative estimate of drug-likeness (QED) is 0.513. The molecule has 0 heterocycles. The Morgan fingerprint density at radius 1 is 1.07 bits per heavy atom. The molecule has 0 aliphatic carbocycles. The molecule has 0 spiro atoms. The molecule has 0 radical (unpaired) electrons. The van der Waals surface area contributed by atoms with Crippen LogP contribution in [0.4, 0.5) is 0 Å². The smallest absolute Gasteiger partial charge is 0.266 e. The molecule has 0 aromatic heterocycles. The Hall–Kier alpha value is 0.170. The van der Waals surface area contributed by atoms with E-state index in [1.54, 1.807) is 0 Å². The van der Waals surface area contributed by atoms with Gasteiger partial charge in [0.25, 0.3) is 9.05 Å². The lowest BCUT2D eigenvalue weighted by Crippen LogP contribution is -2.12. The molecule has 2 N–H and O–H groups in total. The Morgan fingerprint density at radius 3 is 2.07 bits per heavy atom. The van der Waals surface area contributed by atoms with Crippen LogP contribution in [0, 0.1) is 0 Å². The lowest BCUT2D eigenvalue weighted by atomic mass is 10.7. The third-order valence-electron chi connectivity index (χ3n) is 1.07. The van der Waals surface area contributed by atoms with E-state index >= 15 is 0 Å². The molecule has 1 unspecified atom stereocenters. The maximum atomic E-state index is 10.4. The zero-order valence-corrected chi connectivity index (χ0v) is 9.22. The van der Waals surface area contributed by atoms with Gasteiger partial charge in [-0.05, 0) is 0 Å². The van der Waals surface area contributed by atoms with E-state index in [9.17, 15) is 4.21 Å². The number of rotatable bonds is 9. The highest BCUT2D eigenvalue weighted by atomic mass is 32.9. The van der Waals surface area contributed by atoms with E-state index in [1.165, 1.54) is 0 Å². The van der Waals surface area contributed by atoms with Crippen molar-refractivity contribution in [2.45, 2.75) is 0 Å². The van der Waals surface area contributed by atoms with Crippen LogP contribution in [0.15, 0.2) is 0 Å². The SMILES string of the molecule is O=S(O)(=S)OCCOCCOCCO. The Morgan fingerprint density at radius 2 is 1.57 bits per heavy atom. The molecule has 14 heavy (non-hydrogen) atoms. The first-order valence-corrected chi connectivity index (χ1v) is 6.31. The number of hydrogen-bond acceptors (Lipinski definition) is 6. The summed E-state index contributed by atoms with van der Waals surface area (Å²) in [7, 11) is -3.54. The minimum atomic E-state index is -3.54. The molecule has 0 aromatic rings. The molecule has 0 aliphatic rings. The Bertz CT molecular complexity index is 214. The van der Waals surface area contributed by atoms with E-state index in [0.717, 1.165) is 0 Å². The molecule has 0 saturated heterocycles. The highest BCUT2D eigenvalue weighted by Crippen LogP contribution is 1.87. The van der Waals surface area contributed by atoms with Crippen LogP contribution in [0.1, 0.15) is 0 Å². The van der Waals surface area contributed by atoms with Crippen LogP contribution in [-0.2, 0) is 33.9 Å². The second-order valence-electron chi connectivity index (χ2n) is 2.20. The minimum Gasteiger partial charge on any atom is -0.394 e. The van der Waals surface area contributed by atoms with Crippen LogP contribution >= 0.6 is 0 Å². The molecule has 0 amide bonds. The van der Waals surface area contributed by atoms with Gasteiger partial charge in [0.2, 0.25) is 0 Å². The van der Waals surface area contributed by atoms with Crippen molar-refractivity contribution >= 4 is 20.2 Å². The van der Waals surface area contributed by atoms with Crippen LogP contribution in [0.2, 0.25) is 0 Å². The lowest BCUT2D eigenvalue weighted by molar-refractivity contribution is 0.0250. The summed E-state index contributed by atoms with van der Waals surface area (Å²) in [6.45, 7) is 1.11. The number of hydrogen-bond donors (Lipinski definition) is 2. The van der Waals surface area contributed by atoms with Crippen molar-refractivity contribution in [3.8, 4) is 0 Å². The van der Waals surface area contributed by atoms with Crippen LogP contribution in [-0.4, -0.2) is 53.5 Å². The van der Waals surface area contributed by atoms with Gasteiger partial charge in [0.15, 0.2) is 0 Å². The number of aliphatic hydroxyl groups excluding tert-OH is 1. The van der Waals surface area contributed by atoms with Crippen molar-refractivity contribution in [2.75, 3.05) is 39.6 Å². The van der Waals surface area contributed by atoms with Gasteiger partial charge in [0.1, 0.15) is 0 Å². The Balaban J connectivity index is 3.07. The Kier molecular flexibility index (Phi) is 8.58. The highest BCUT2D eigenvalue weighted by molar-refractivity contribution is 8.27. The maximum Gasteiger partial charge on any atom is 0.266 e. The summed E-state index contributed by atoms with van der Waals surface area (Å²) < 4.78 is 33.1. The molecule has 6 nitrogen and oxygen atoms in total. The van der Waals surface area contributed by atoms with Crippen molar-refractivity contribution in [2.24, 2.45) is 0 Å². The average Bonchev–Trinajstić information content (AvgIpc) is 2.08. The van der Waals surface area contributed by atoms with E-state index in [4.69, 9.17) is 19.1 Å². The van der Waals surface area contributed by atoms with Crippen LogP contribution in [0.5, 0.6) is 0 Å². The summed E-state index contributed by atoms with van der Waals surface area (Å²) in [5.74, 6) is 0. The highest BCUT2D eigenvalue weighted by Gasteiger charge is 1.98. The van der Waals surface area contributed by atoms with Gasteiger partial charge in [-0.3, -0.25) is 8.74 Å². The molecule has 86 valence electrons. The molecule has 0 rings (SSSR count). The van der Waals surface area contributed by atoms with Gasteiger partial charge in [-0.25, -0.2) is 0 Å². The van der Waals surface area contributed by atoms with Gasteiger partial charge < -0.3 is 14.6 Å². The monoisotopic (exact) mass is 246 g/mol. The summed E-state index contributed by atoms with van der Waals surface area (Å²) >= 11 is 4.07. The van der Waals surface area contributed by atoms with Crippen molar-refractivity contribution in [1.29, 1.82) is 0 Å². The van der Waals surface area contributed by atoms with Gasteiger partial charge in [-0.1, -0.05) is 0 Å². The number of aliphatic hydroxyl groups is 1. The standard InChI is InChI=1S/C6H14O6S2/c7-1-2-10-3-4-11-5-6-12-14(8,9)13/h7H,1-6H2,(H,8,9,13). The van der Waals surface area contributed by atoms with E-state index in [0.29, 0.717) is 13.2 Å². The molecule has 0 fully saturated rings. The van der Waals surface area contributed by atoms with Gasteiger partial charge >= 0.3 is 0 Å². The van der Waals surface area contributed by atoms with Crippen molar-refractivity contribution in [3.63, 3.8) is 0 Å². The molecule has 0 aromatic carbocycles. The normalized spacial score (nSPS) is 15.3. The molecular formula is C6H14O6S2. The van der Waals surface area contributed by atoms with Crippen molar-refractivity contribution < 1.29 is 27.5 Å². The number of ether oxygens (including phenoxy) is 2. The first-order valence-electron chi connectivity index (χ1n) is 3.94. The van der Waals surface area contributed by atoms with Crippen molar-refractivity contribution in [3.05, 3.63) is 0 Å². The second-order valence-corrected chi connectivity index (χ2v) is 4.55. The lowest BCUT2D eigenvalue weighted by Gasteiger charge is -2.04. The molecule has 0 aliphatic heterocycles. The summed E-state index contributed by atoms with van der Waals surface area (Å²) in [6.07, 6.45) is 0.